The SMILES string of the molecule is CC.COc1cccc(OC)c1-c1ccc(-c2ccc3[nH]cc(C(N)=O)c3c2)cc1. The highest BCUT2D eigenvalue weighted by Crippen LogP contribution is 2.39. The standard InChI is InChI=1S/C23H20N2O3.C2H6/c1-27-20-4-3-5-21(28-2)22(20)15-8-6-14(7-9-15)16-10-11-19-17(12-16)18(13-25-19)23(24)26;1-2/h3-13,25H,1-2H3,(H2,24,26);1-2H3. The van der Waals surface area contributed by atoms with Crippen molar-refractivity contribution in [2.24, 2.45) is 5.73 Å². The number of rotatable bonds is 5. The average molecular weight is 402 g/mol. The van der Waals surface area contributed by atoms with Gasteiger partial charge in [0.05, 0.1) is 25.3 Å². The Bertz CT molecular complexity index is 1140. The Kier molecular flexibility index (Phi) is 6.42. The number of benzene rings is 3. The lowest BCUT2D eigenvalue weighted by Gasteiger charge is -2.13. The molecule has 0 saturated carbocycles. The van der Waals surface area contributed by atoms with Crippen molar-refractivity contribution >= 4 is 16.8 Å². The Hall–Kier alpha value is -3.73. The van der Waals surface area contributed by atoms with Crippen LogP contribution in [0.3, 0.4) is 0 Å². The van der Waals surface area contributed by atoms with Gasteiger partial charge < -0.3 is 20.2 Å². The first-order valence-corrected chi connectivity index (χ1v) is 9.85. The summed E-state index contributed by atoms with van der Waals surface area (Å²) in [5, 5.41) is 0.820. The number of fused-ring (bicyclic) bond motifs is 1. The molecule has 0 aliphatic carbocycles. The summed E-state index contributed by atoms with van der Waals surface area (Å²) in [5.74, 6) is 1.07. The number of hydrogen-bond donors (Lipinski definition) is 2. The quantitative estimate of drug-likeness (QED) is 0.453. The number of aromatic amines is 1. The molecule has 4 aromatic rings. The van der Waals surface area contributed by atoms with E-state index in [1.165, 1.54) is 0 Å². The molecule has 0 aliphatic rings. The van der Waals surface area contributed by atoms with Gasteiger partial charge in [-0.25, -0.2) is 0 Å². The third-order valence-corrected chi connectivity index (χ3v) is 4.88. The predicted octanol–water partition coefficient (Wildman–Crippen LogP) is 5.64. The first-order chi connectivity index (χ1) is 14.6. The van der Waals surface area contributed by atoms with Gasteiger partial charge >= 0.3 is 0 Å². The lowest BCUT2D eigenvalue weighted by molar-refractivity contribution is 0.100. The zero-order valence-electron chi connectivity index (χ0n) is 17.7. The maximum atomic E-state index is 11.6. The number of methoxy groups -OCH3 is 2. The van der Waals surface area contributed by atoms with Crippen LogP contribution < -0.4 is 15.2 Å². The number of primary amides is 1. The van der Waals surface area contributed by atoms with Crippen LogP contribution in [0, 0.1) is 0 Å². The second kappa shape index (κ2) is 9.18. The first kappa shape index (κ1) is 21.0. The maximum Gasteiger partial charge on any atom is 0.250 e. The number of aromatic nitrogens is 1. The van der Waals surface area contributed by atoms with Crippen molar-refractivity contribution in [3.05, 3.63) is 72.4 Å². The molecule has 0 fully saturated rings. The number of carbonyl (C=O) groups is 1. The zero-order chi connectivity index (χ0) is 21.7. The van der Waals surface area contributed by atoms with E-state index >= 15 is 0 Å². The van der Waals surface area contributed by atoms with Crippen LogP contribution in [0.15, 0.2) is 66.9 Å². The smallest absolute Gasteiger partial charge is 0.250 e. The molecule has 5 heteroatoms. The molecule has 3 N–H and O–H groups in total. The highest BCUT2D eigenvalue weighted by Gasteiger charge is 2.13. The fourth-order valence-corrected chi connectivity index (χ4v) is 3.47. The third kappa shape index (κ3) is 3.87. The van der Waals surface area contributed by atoms with Crippen LogP contribution in [0.25, 0.3) is 33.2 Å². The van der Waals surface area contributed by atoms with E-state index in [0.717, 1.165) is 44.7 Å². The molecule has 1 aromatic heterocycles. The Morgan fingerprint density at radius 3 is 1.97 bits per heavy atom. The molecule has 0 spiro atoms. The maximum absolute atomic E-state index is 11.6. The molecule has 0 bridgehead atoms. The minimum Gasteiger partial charge on any atom is -0.496 e. The molecular weight excluding hydrogens is 376 g/mol. The van der Waals surface area contributed by atoms with Gasteiger partial charge in [-0.2, -0.15) is 0 Å². The molecule has 5 nitrogen and oxygen atoms in total. The molecule has 0 aliphatic heterocycles. The second-order valence-electron chi connectivity index (χ2n) is 6.44. The molecule has 0 atom stereocenters. The van der Waals surface area contributed by atoms with Crippen molar-refractivity contribution in [2.75, 3.05) is 14.2 Å². The summed E-state index contributed by atoms with van der Waals surface area (Å²) < 4.78 is 11.0. The summed E-state index contributed by atoms with van der Waals surface area (Å²) in [6.07, 6.45) is 1.65. The molecule has 154 valence electrons. The lowest BCUT2D eigenvalue weighted by atomic mass is 9.98. The van der Waals surface area contributed by atoms with E-state index in [0.29, 0.717) is 5.56 Å². The van der Waals surface area contributed by atoms with E-state index in [9.17, 15) is 4.79 Å². The summed E-state index contributed by atoms with van der Waals surface area (Å²) in [6.45, 7) is 4.00. The topological polar surface area (TPSA) is 77.3 Å². The Labute approximate surface area is 176 Å². The highest BCUT2D eigenvalue weighted by atomic mass is 16.5. The Morgan fingerprint density at radius 1 is 0.833 bits per heavy atom. The fourth-order valence-electron chi connectivity index (χ4n) is 3.47. The average Bonchev–Trinajstić information content (AvgIpc) is 3.23. The predicted molar refractivity (Wildman–Crippen MR) is 122 cm³/mol. The number of nitrogens with one attached hydrogen (secondary N) is 1. The number of amides is 1. The molecular formula is C25H26N2O3. The zero-order valence-corrected chi connectivity index (χ0v) is 17.7. The van der Waals surface area contributed by atoms with Gasteiger partial charge in [0.2, 0.25) is 0 Å². The highest BCUT2D eigenvalue weighted by molar-refractivity contribution is 6.06. The Morgan fingerprint density at radius 2 is 1.40 bits per heavy atom. The molecule has 0 saturated heterocycles. The number of ether oxygens (including phenoxy) is 2. The largest absolute Gasteiger partial charge is 0.496 e. The van der Waals surface area contributed by atoms with Gasteiger partial charge in [-0.1, -0.05) is 50.2 Å². The van der Waals surface area contributed by atoms with E-state index < -0.39 is 5.91 Å². The summed E-state index contributed by atoms with van der Waals surface area (Å²) in [4.78, 5) is 14.7. The van der Waals surface area contributed by atoms with Gasteiger partial charge in [-0.15, -0.1) is 0 Å². The second-order valence-corrected chi connectivity index (χ2v) is 6.44. The summed E-state index contributed by atoms with van der Waals surface area (Å²) in [7, 11) is 3.30. The van der Waals surface area contributed by atoms with E-state index in [4.69, 9.17) is 15.2 Å². The molecule has 1 amide bonds. The number of carbonyl (C=O) groups excluding carboxylic acids is 1. The normalized spacial score (nSPS) is 10.3. The first-order valence-electron chi connectivity index (χ1n) is 9.85. The van der Waals surface area contributed by atoms with E-state index in [2.05, 4.69) is 4.98 Å². The van der Waals surface area contributed by atoms with Gasteiger partial charge in [-0.05, 0) is 41.0 Å². The van der Waals surface area contributed by atoms with Crippen LogP contribution in [0.4, 0.5) is 0 Å². The van der Waals surface area contributed by atoms with Crippen LogP contribution in [-0.4, -0.2) is 25.1 Å². The van der Waals surface area contributed by atoms with Crippen molar-refractivity contribution in [3.8, 4) is 33.8 Å². The monoisotopic (exact) mass is 402 g/mol. The van der Waals surface area contributed by atoms with Gasteiger partial charge in [0.15, 0.2) is 0 Å². The molecule has 30 heavy (non-hydrogen) atoms. The number of H-pyrrole nitrogens is 1. The summed E-state index contributed by atoms with van der Waals surface area (Å²) in [5.41, 5.74) is 10.8. The van der Waals surface area contributed by atoms with Crippen LogP contribution in [0.5, 0.6) is 11.5 Å². The van der Waals surface area contributed by atoms with Crippen LogP contribution in [-0.2, 0) is 0 Å². The molecule has 3 aromatic carbocycles. The number of hydrogen-bond acceptors (Lipinski definition) is 3. The van der Waals surface area contributed by atoms with Crippen molar-refractivity contribution in [1.29, 1.82) is 0 Å². The minimum absolute atomic E-state index is 0.443. The molecule has 1 heterocycles. The van der Waals surface area contributed by atoms with E-state index in [1.807, 2.05) is 74.5 Å². The molecule has 4 rings (SSSR count). The van der Waals surface area contributed by atoms with Crippen LogP contribution >= 0.6 is 0 Å². The summed E-state index contributed by atoms with van der Waals surface area (Å²) >= 11 is 0. The van der Waals surface area contributed by atoms with Crippen LogP contribution in [0.1, 0.15) is 24.2 Å². The van der Waals surface area contributed by atoms with Crippen molar-refractivity contribution in [3.63, 3.8) is 0 Å². The van der Waals surface area contributed by atoms with E-state index in [1.54, 1.807) is 20.4 Å². The van der Waals surface area contributed by atoms with Gasteiger partial charge in [0, 0.05) is 17.1 Å². The van der Waals surface area contributed by atoms with Crippen LogP contribution in [0.2, 0.25) is 0 Å². The van der Waals surface area contributed by atoms with Crippen molar-refractivity contribution in [2.45, 2.75) is 13.8 Å². The van der Waals surface area contributed by atoms with Crippen molar-refractivity contribution in [1.82, 2.24) is 4.98 Å². The summed E-state index contributed by atoms with van der Waals surface area (Å²) in [6, 6.07) is 19.8. The van der Waals surface area contributed by atoms with Gasteiger partial charge in [0.25, 0.3) is 5.91 Å². The van der Waals surface area contributed by atoms with Gasteiger partial charge in [-0.3, -0.25) is 4.79 Å². The van der Waals surface area contributed by atoms with Crippen molar-refractivity contribution < 1.29 is 14.3 Å². The minimum atomic E-state index is -0.443. The van der Waals surface area contributed by atoms with Gasteiger partial charge in [0.1, 0.15) is 11.5 Å². The third-order valence-electron chi connectivity index (χ3n) is 4.88. The lowest BCUT2D eigenvalue weighted by Crippen LogP contribution is -2.09. The molecule has 0 radical (unpaired) electrons. The Balaban J connectivity index is 0.00000124. The number of nitrogens with two attached hydrogens (primary N) is 1. The molecule has 0 unspecified atom stereocenters. The van der Waals surface area contributed by atoms with E-state index in [-0.39, 0.29) is 0 Å². The fraction of sp³-hybridized carbons (Fsp3) is 0.160.